The van der Waals surface area contributed by atoms with Gasteiger partial charge in [0.05, 0.1) is 12.0 Å². The highest BCUT2D eigenvalue weighted by atomic mass is 35.5. The number of ketones is 1. The molecule has 1 N–H and O–H groups in total. The lowest BCUT2D eigenvalue weighted by Crippen LogP contribution is -2.33. The maximum atomic E-state index is 11.5. The van der Waals surface area contributed by atoms with Crippen LogP contribution < -0.4 is 4.74 Å². The summed E-state index contributed by atoms with van der Waals surface area (Å²) in [6.45, 7) is 0. The number of aliphatic carboxylic acids is 1. The molecular weight excluding hydrogens is 220 g/mol. The molecule has 1 aliphatic rings. The number of rotatable bonds is 1. The lowest BCUT2D eigenvalue weighted by Gasteiger charge is -2.22. The molecule has 1 aliphatic heterocycles. The molecule has 4 nitrogen and oxygen atoms in total. The zero-order chi connectivity index (χ0) is 11.0. The largest absolute Gasteiger partial charge is 0.478 e. The van der Waals surface area contributed by atoms with Crippen molar-refractivity contribution in [2.45, 2.75) is 12.5 Å². The molecule has 0 bridgehead atoms. The molecule has 5 heteroatoms. The highest BCUT2D eigenvalue weighted by Crippen LogP contribution is 2.30. The topological polar surface area (TPSA) is 63.6 Å². The quantitative estimate of drug-likeness (QED) is 0.793. The number of carboxylic acid groups (broad SMARTS) is 1. The number of Topliss-reactive ketones (excluding diaryl/α,β-unsaturated/α-hetero) is 1. The Hall–Kier alpha value is -1.55. The third-order valence-corrected chi connectivity index (χ3v) is 2.39. The lowest BCUT2D eigenvalue weighted by molar-refractivity contribution is -0.145. The minimum absolute atomic E-state index is 0.135. The summed E-state index contributed by atoms with van der Waals surface area (Å²) in [5, 5.41) is 9.15. The van der Waals surface area contributed by atoms with Crippen LogP contribution in [0.25, 0.3) is 0 Å². The van der Waals surface area contributed by atoms with E-state index < -0.39 is 12.1 Å². The van der Waals surface area contributed by atoms with Crippen molar-refractivity contribution in [3.8, 4) is 5.75 Å². The number of carboxylic acids is 1. The Morgan fingerprint density at radius 1 is 1.53 bits per heavy atom. The molecule has 1 unspecified atom stereocenters. The van der Waals surface area contributed by atoms with Crippen molar-refractivity contribution in [2.75, 3.05) is 0 Å². The zero-order valence-corrected chi connectivity index (χ0v) is 8.32. The first-order valence-corrected chi connectivity index (χ1v) is 4.68. The number of fused-ring (bicyclic) bond motifs is 1. The number of hydrogen-bond donors (Lipinski definition) is 1. The van der Waals surface area contributed by atoms with Gasteiger partial charge in [0, 0.05) is 5.02 Å². The summed E-state index contributed by atoms with van der Waals surface area (Å²) in [4.78, 5) is 22.2. The van der Waals surface area contributed by atoms with E-state index in [1.165, 1.54) is 12.1 Å². The number of carbonyl (C=O) groups excluding carboxylic acids is 1. The molecule has 1 aromatic rings. The molecule has 2 rings (SSSR count). The van der Waals surface area contributed by atoms with Crippen molar-refractivity contribution in [1.82, 2.24) is 0 Å². The van der Waals surface area contributed by atoms with E-state index in [1.54, 1.807) is 6.07 Å². The highest BCUT2D eigenvalue weighted by molar-refractivity contribution is 6.30. The summed E-state index contributed by atoms with van der Waals surface area (Å²) in [6.07, 6.45) is -1.24. The molecule has 0 aromatic heterocycles. The van der Waals surface area contributed by atoms with E-state index in [1.807, 2.05) is 0 Å². The first kappa shape index (κ1) is 9.98. The van der Waals surface area contributed by atoms with Gasteiger partial charge in [0.15, 0.2) is 5.78 Å². The van der Waals surface area contributed by atoms with Crippen molar-refractivity contribution in [3.05, 3.63) is 28.8 Å². The summed E-state index contributed by atoms with van der Waals surface area (Å²) in [6, 6.07) is 4.56. The van der Waals surface area contributed by atoms with Gasteiger partial charge in [0.2, 0.25) is 6.10 Å². The number of carbonyl (C=O) groups is 2. The Bertz CT molecular complexity index is 441. The third kappa shape index (κ3) is 1.80. The van der Waals surface area contributed by atoms with Crippen molar-refractivity contribution in [3.63, 3.8) is 0 Å². The summed E-state index contributed by atoms with van der Waals surface area (Å²) < 4.78 is 5.14. The molecular formula is C10H7ClO4. The average molecular weight is 227 g/mol. The fourth-order valence-corrected chi connectivity index (χ4v) is 1.60. The van der Waals surface area contributed by atoms with Crippen LogP contribution in [0.5, 0.6) is 5.75 Å². The standard InChI is InChI=1S/C10H7ClO4/c11-5-1-2-6-7(12)4-9(10(13)14)15-8(6)3-5/h1-3,9H,4H2,(H,13,14). The van der Waals surface area contributed by atoms with Crippen LogP contribution in [-0.2, 0) is 4.79 Å². The number of ether oxygens (including phenoxy) is 1. The molecule has 1 heterocycles. The van der Waals surface area contributed by atoms with Gasteiger partial charge < -0.3 is 9.84 Å². The second-order valence-corrected chi connectivity index (χ2v) is 3.65. The van der Waals surface area contributed by atoms with Crippen molar-refractivity contribution >= 4 is 23.4 Å². The minimum atomic E-state index is -1.14. The van der Waals surface area contributed by atoms with Crippen molar-refractivity contribution in [1.29, 1.82) is 0 Å². The molecule has 0 saturated heterocycles. The van der Waals surface area contributed by atoms with Gasteiger partial charge in [-0.15, -0.1) is 0 Å². The van der Waals surface area contributed by atoms with Crippen LogP contribution in [0.15, 0.2) is 18.2 Å². The van der Waals surface area contributed by atoms with Gasteiger partial charge in [-0.3, -0.25) is 4.79 Å². The van der Waals surface area contributed by atoms with Crippen LogP contribution in [0, 0.1) is 0 Å². The van der Waals surface area contributed by atoms with Crippen LogP contribution in [0.4, 0.5) is 0 Å². The minimum Gasteiger partial charge on any atom is -0.478 e. The lowest BCUT2D eigenvalue weighted by atomic mass is 10.0. The molecule has 0 radical (unpaired) electrons. The van der Waals surface area contributed by atoms with Gasteiger partial charge in [-0.25, -0.2) is 4.79 Å². The average Bonchev–Trinajstić information content (AvgIpc) is 2.16. The van der Waals surface area contributed by atoms with Gasteiger partial charge in [0.1, 0.15) is 5.75 Å². The van der Waals surface area contributed by atoms with E-state index >= 15 is 0 Å². The first-order chi connectivity index (χ1) is 7.08. The third-order valence-electron chi connectivity index (χ3n) is 2.16. The molecule has 0 spiro atoms. The van der Waals surface area contributed by atoms with Crippen LogP contribution >= 0.6 is 11.6 Å². The fraction of sp³-hybridized carbons (Fsp3) is 0.200. The van der Waals surface area contributed by atoms with Gasteiger partial charge in [0.25, 0.3) is 0 Å². The normalized spacial score (nSPS) is 19.3. The van der Waals surface area contributed by atoms with Gasteiger partial charge in [-0.1, -0.05) is 11.6 Å². The Balaban J connectivity index is 2.41. The van der Waals surface area contributed by atoms with E-state index in [2.05, 4.69) is 0 Å². The van der Waals surface area contributed by atoms with Crippen LogP contribution in [-0.4, -0.2) is 23.0 Å². The summed E-state index contributed by atoms with van der Waals surface area (Å²) in [5.41, 5.74) is 0.386. The fourth-order valence-electron chi connectivity index (χ4n) is 1.44. The first-order valence-electron chi connectivity index (χ1n) is 4.30. The Morgan fingerprint density at radius 2 is 2.27 bits per heavy atom. The molecule has 1 atom stereocenters. The van der Waals surface area contributed by atoms with Gasteiger partial charge >= 0.3 is 5.97 Å². The molecule has 0 amide bonds. The van der Waals surface area contributed by atoms with E-state index in [4.69, 9.17) is 21.4 Å². The summed E-state index contributed by atoms with van der Waals surface area (Å²) in [7, 11) is 0. The smallest absolute Gasteiger partial charge is 0.345 e. The van der Waals surface area contributed by atoms with E-state index in [0.717, 1.165) is 0 Å². The molecule has 0 aliphatic carbocycles. The molecule has 1 aromatic carbocycles. The van der Waals surface area contributed by atoms with E-state index in [0.29, 0.717) is 10.6 Å². The molecule has 0 fully saturated rings. The Labute approximate surface area is 90.4 Å². The maximum Gasteiger partial charge on any atom is 0.345 e. The predicted molar refractivity (Wildman–Crippen MR) is 52.5 cm³/mol. The number of benzene rings is 1. The predicted octanol–water partition coefficient (Wildman–Crippen LogP) is 1.76. The molecule has 0 saturated carbocycles. The van der Waals surface area contributed by atoms with Gasteiger partial charge in [-0.2, -0.15) is 0 Å². The Kier molecular flexibility index (Phi) is 2.36. The van der Waals surface area contributed by atoms with Gasteiger partial charge in [-0.05, 0) is 18.2 Å². The van der Waals surface area contributed by atoms with E-state index in [9.17, 15) is 9.59 Å². The molecule has 78 valence electrons. The number of hydrogen-bond acceptors (Lipinski definition) is 3. The molecule has 15 heavy (non-hydrogen) atoms. The Morgan fingerprint density at radius 3 is 2.93 bits per heavy atom. The second-order valence-electron chi connectivity index (χ2n) is 3.21. The van der Waals surface area contributed by atoms with Crippen LogP contribution in [0.1, 0.15) is 16.8 Å². The summed E-state index contributed by atoms with van der Waals surface area (Å²) >= 11 is 5.71. The zero-order valence-electron chi connectivity index (χ0n) is 7.57. The monoisotopic (exact) mass is 226 g/mol. The van der Waals surface area contributed by atoms with Crippen LogP contribution in [0.2, 0.25) is 5.02 Å². The maximum absolute atomic E-state index is 11.5. The summed E-state index contributed by atoms with van der Waals surface area (Å²) in [5.74, 6) is -1.14. The van der Waals surface area contributed by atoms with Crippen LogP contribution in [0.3, 0.4) is 0 Å². The number of halogens is 1. The second kappa shape index (κ2) is 3.55. The van der Waals surface area contributed by atoms with Crippen molar-refractivity contribution in [2.24, 2.45) is 0 Å². The van der Waals surface area contributed by atoms with Crippen molar-refractivity contribution < 1.29 is 19.4 Å². The SMILES string of the molecule is O=C1CC(C(=O)O)Oc2cc(Cl)ccc21. The highest BCUT2D eigenvalue weighted by Gasteiger charge is 2.31. The van der Waals surface area contributed by atoms with E-state index in [-0.39, 0.29) is 18.0 Å².